The first-order valence-corrected chi connectivity index (χ1v) is 12.0. The van der Waals surface area contributed by atoms with Crippen molar-refractivity contribution in [3.8, 4) is 11.5 Å². The van der Waals surface area contributed by atoms with Crippen molar-refractivity contribution in [1.82, 2.24) is 14.8 Å². The van der Waals surface area contributed by atoms with Crippen molar-refractivity contribution in [2.24, 2.45) is 0 Å². The van der Waals surface area contributed by atoms with Gasteiger partial charge in [0.1, 0.15) is 11.5 Å². The molecule has 0 radical (unpaired) electrons. The van der Waals surface area contributed by atoms with Crippen LogP contribution in [0, 0.1) is 0 Å². The summed E-state index contributed by atoms with van der Waals surface area (Å²) in [5.74, 6) is 1.06. The molecule has 3 aromatic carbocycles. The number of benzene rings is 3. The Balaban J connectivity index is 1.47. The first-order chi connectivity index (χ1) is 17.0. The number of pyridine rings is 1. The number of phenols is 1. The van der Waals surface area contributed by atoms with Gasteiger partial charge in [0.05, 0.1) is 30.6 Å². The summed E-state index contributed by atoms with van der Waals surface area (Å²) in [6, 6.07) is 17.2. The van der Waals surface area contributed by atoms with E-state index in [1.165, 1.54) is 0 Å². The average Bonchev–Trinajstić information content (AvgIpc) is 2.86. The number of nitrogens with one attached hydrogen (secondary N) is 1. The molecule has 0 bridgehead atoms. The number of methoxy groups -OCH3 is 2. The molecule has 1 aliphatic heterocycles. The van der Waals surface area contributed by atoms with Crippen molar-refractivity contribution in [2.45, 2.75) is 6.54 Å². The van der Waals surface area contributed by atoms with Gasteiger partial charge in [0.2, 0.25) is 0 Å². The third kappa shape index (κ3) is 5.13. The highest BCUT2D eigenvalue weighted by Gasteiger charge is 2.18. The molecular formula is C27H29ClN4O3. The molecule has 35 heavy (non-hydrogen) atoms. The first kappa shape index (κ1) is 23.6. The van der Waals surface area contributed by atoms with Crippen LogP contribution in [0.5, 0.6) is 11.5 Å². The van der Waals surface area contributed by atoms with Crippen molar-refractivity contribution < 1.29 is 14.6 Å². The Morgan fingerprint density at radius 2 is 1.71 bits per heavy atom. The number of aromatic hydroxyl groups is 1. The zero-order chi connectivity index (χ0) is 24.4. The Hall–Kier alpha value is -3.10. The lowest BCUT2D eigenvalue weighted by Gasteiger charge is -2.34. The quantitative estimate of drug-likeness (QED) is 0.271. The van der Waals surface area contributed by atoms with Crippen LogP contribution in [0.1, 0.15) is 5.56 Å². The van der Waals surface area contributed by atoms with Gasteiger partial charge in [0.15, 0.2) is 0 Å². The number of rotatable bonds is 7. The zero-order valence-electron chi connectivity index (χ0n) is 19.9. The lowest BCUT2D eigenvalue weighted by Crippen LogP contribution is -2.46. The van der Waals surface area contributed by atoms with Crippen molar-refractivity contribution in [2.75, 3.05) is 52.4 Å². The van der Waals surface area contributed by atoms with Crippen LogP contribution in [-0.2, 0) is 11.3 Å². The molecule has 0 spiro atoms. The molecule has 0 unspecified atom stereocenters. The smallest absolute Gasteiger partial charge is 0.120 e. The lowest BCUT2D eigenvalue weighted by molar-refractivity contribution is 0.0250. The number of aromatic nitrogens is 1. The number of hydrogen-bond acceptors (Lipinski definition) is 7. The van der Waals surface area contributed by atoms with Crippen LogP contribution >= 0.6 is 11.6 Å². The van der Waals surface area contributed by atoms with E-state index in [-0.39, 0.29) is 0 Å². The number of phenolic OH excluding ortho intramolecular Hbond substituents is 1. The van der Waals surface area contributed by atoms with E-state index < -0.39 is 0 Å². The van der Waals surface area contributed by atoms with Crippen molar-refractivity contribution in [3.63, 3.8) is 0 Å². The maximum Gasteiger partial charge on any atom is 0.120 e. The van der Waals surface area contributed by atoms with E-state index in [2.05, 4.69) is 15.1 Å². The van der Waals surface area contributed by atoms with Gasteiger partial charge in [0, 0.05) is 66.9 Å². The molecule has 8 heteroatoms. The minimum absolute atomic E-state index is 0.299. The Morgan fingerprint density at radius 1 is 0.914 bits per heavy atom. The second kappa shape index (κ2) is 10.3. The number of fused-ring (bicyclic) bond motifs is 2. The molecule has 1 aliphatic rings. The Kier molecular flexibility index (Phi) is 6.92. The average molecular weight is 493 g/mol. The normalized spacial score (nSPS) is 15.1. The van der Waals surface area contributed by atoms with Crippen LogP contribution in [0.3, 0.4) is 0 Å². The van der Waals surface area contributed by atoms with Gasteiger partial charge in [-0.25, -0.2) is 4.98 Å². The summed E-state index contributed by atoms with van der Waals surface area (Å²) in [6.45, 7) is 5.10. The Morgan fingerprint density at radius 3 is 2.49 bits per heavy atom. The molecule has 1 fully saturated rings. The zero-order valence-corrected chi connectivity index (χ0v) is 20.7. The van der Waals surface area contributed by atoms with Crippen molar-refractivity contribution in [1.29, 1.82) is 0 Å². The minimum atomic E-state index is 0.299. The van der Waals surface area contributed by atoms with Crippen LogP contribution in [-0.4, -0.2) is 67.0 Å². The van der Waals surface area contributed by atoms with Crippen molar-refractivity contribution >= 4 is 44.8 Å². The van der Waals surface area contributed by atoms with Gasteiger partial charge < -0.3 is 19.9 Å². The number of ether oxygens (including phenoxy) is 2. The largest absolute Gasteiger partial charge is 0.508 e. The molecule has 2 N–H and O–H groups in total. The van der Waals surface area contributed by atoms with Gasteiger partial charge in [0.25, 0.3) is 0 Å². The number of hydrogen-bond donors (Lipinski definition) is 2. The molecule has 1 saturated heterocycles. The molecule has 7 nitrogen and oxygen atoms in total. The third-order valence-electron chi connectivity index (χ3n) is 6.46. The second-order valence-electron chi connectivity index (χ2n) is 8.81. The van der Waals surface area contributed by atoms with E-state index in [0.29, 0.717) is 24.0 Å². The summed E-state index contributed by atoms with van der Waals surface area (Å²) in [5, 5.41) is 16.7. The summed E-state index contributed by atoms with van der Waals surface area (Å²) in [5.41, 5.74) is 4.35. The van der Waals surface area contributed by atoms with Crippen LogP contribution in [0.15, 0.2) is 54.6 Å². The number of piperazine rings is 1. The Bertz CT molecular complexity index is 1360. The van der Waals surface area contributed by atoms with Crippen LogP contribution < -0.4 is 10.1 Å². The van der Waals surface area contributed by atoms with Crippen molar-refractivity contribution in [3.05, 3.63) is 65.2 Å². The molecule has 0 saturated carbocycles. The number of anilines is 2. The monoisotopic (exact) mass is 492 g/mol. The van der Waals surface area contributed by atoms with Gasteiger partial charge in [-0.05, 0) is 54.6 Å². The molecule has 1 aromatic heterocycles. The minimum Gasteiger partial charge on any atom is -0.508 e. The third-order valence-corrected chi connectivity index (χ3v) is 6.70. The van der Waals surface area contributed by atoms with E-state index in [1.807, 2.05) is 48.5 Å². The highest BCUT2D eigenvalue weighted by molar-refractivity contribution is 6.31. The van der Waals surface area contributed by atoms with E-state index in [1.54, 1.807) is 20.3 Å². The van der Waals surface area contributed by atoms with Gasteiger partial charge >= 0.3 is 0 Å². The molecule has 4 aromatic rings. The molecule has 182 valence electrons. The lowest BCUT2D eigenvalue weighted by atomic mass is 10.1. The maximum atomic E-state index is 10.6. The Labute approximate surface area is 209 Å². The molecule has 0 atom stereocenters. The van der Waals surface area contributed by atoms with Gasteiger partial charge in [-0.1, -0.05) is 11.6 Å². The van der Waals surface area contributed by atoms with E-state index >= 15 is 0 Å². The van der Waals surface area contributed by atoms with Crippen LogP contribution in [0.4, 0.5) is 11.4 Å². The van der Waals surface area contributed by atoms with E-state index in [9.17, 15) is 5.11 Å². The highest BCUT2D eigenvalue weighted by atomic mass is 35.5. The first-order valence-electron chi connectivity index (χ1n) is 11.6. The van der Waals surface area contributed by atoms with Crippen LogP contribution in [0.2, 0.25) is 5.02 Å². The van der Waals surface area contributed by atoms with E-state index in [4.69, 9.17) is 26.1 Å². The maximum absolute atomic E-state index is 10.6. The fourth-order valence-corrected chi connectivity index (χ4v) is 4.76. The number of nitrogens with zero attached hydrogens (tertiary/aromatic N) is 3. The van der Waals surface area contributed by atoms with Gasteiger partial charge in [-0.15, -0.1) is 0 Å². The molecule has 2 heterocycles. The fourth-order valence-electron chi connectivity index (χ4n) is 4.59. The van der Waals surface area contributed by atoms with E-state index in [0.717, 1.165) is 70.7 Å². The molecule has 0 aliphatic carbocycles. The number of halogens is 1. The highest BCUT2D eigenvalue weighted by Crippen LogP contribution is 2.36. The van der Waals surface area contributed by atoms with Gasteiger partial charge in [-0.3, -0.25) is 9.80 Å². The molecular weight excluding hydrogens is 464 g/mol. The predicted molar refractivity (Wildman–Crippen MR) is 141 cm³/mol. The van der Waals surface area contributed by atoms with Gasteiger partial charge in [-0.2, -0.15) is 0 Å². The molecule has 0 amide bonds. The SMILES string of the molecule is COCN1CCN(Cc2cc(Nc3c4ccc(Cl)cc4nc4ccc(OC)cc34)ccc2O)CC1. The second-order valence-corrected chi connectivity index (χ2v) is 9.25. The standard InChI is InChI=1S/C27H29ClN4O3/c1-34-17-32-11-9-31(10-12-32)16-18-13-20(4-8-26(18)33)29-27-22-6-3-19(28)14-25(22)30-24-7-5-21(35-2)15-23(24)27/h3-8,13-15,33H,9-12,16-17H2,1-2H3,(H,29,30). The topological polar surface area (TPSA) is 70.1 Å². The fraction of sp³-hybridized carbons (Fsp3) is 0.296. The predicted octanol–water partition coefficient (Wildman–Crippen LogP) is 5.22. The summed E-state index contributed by atoms with van der Waals surface area (Å²) >= 11 is 6.26. The van der Waals surface area contributed by atoms with Crippen LogP contribution in [0.25, 0.3) is 21.8 Å². The summed E-state index contributed by atoms with van der Waals surface area (Å²) < 4.78 is 10.7. The summed E-state index contributed by atoms with van der Waals surface area (Å²) in [6.07, 6.45) is 0. The summed E-state index contributed by atoms with van der Waals surface area (Å²) in [7, 11) is 3.38. The summed E-state index contributed by atoms with van der Waals surface area (Å²) in [4.78, 5) is 9.45. The molecule has 5 rings (SSSR count).